The maximum atomic E-state index is 13.0. The first-order valence-electron chi connectivity index (χ1n) is 6.71. The highest BCUT2D eigenvalue weighted by Crippen LogP contribution is 2.32. The summed E-state index contributed by atoms with van der Waals surface area (Å²) in [6.45, 7) is 2.29. The average Bonchev–Trinajstić information content (AvgIpc) is 2.46. The minimum atomic E-state index is -0.288. The number of nitrogens with two attached hydrogens (primary N) is 1. The number of hydrogen-bond acceptors (Lipinski definition) is 1. The highest BCUT2D eigenvalue weighted by atomic mass is 35.5. The summed E-state index contributed by atoms with van der Waals surface area (Å²) in [5.74, 6) is 0.475. The normalized spacial score (nSPS) is 29.0. The molecule has 0 aliphatic heterocycles. The molecule has 18 heavy (non-hydrogen) atoms. The fourth-order valence-corrected chi connectivity index (χ4v) is 3.06. The Bertz CT molecular complexity index is 421. The monoisotopic (exact) mass is 269 g/mol. The summed E-state index contributed by atoms with van der Waals surface area (Å²) in [6.07, 6.45) is 6.42. The summed E-state index contributed by atoms with van der Waals surface area (Å²) in [5, 5.41) is 0.497. The molecule has 2 unspecified atom stereocenters. The molecule has 0 aromatic heterocycles. The van der Waals surface area contributed by atoms with Crippen LogP contribution in [0.4, 0.5) is 4.39 Å². The van der Waals surface area contributed by atoms with Crippen molar-refractivity contribution in [1.82, 2.24) is 0 Å². The van der Waals surface area contributed by atoms with Crippen molar-refractivity contribution in [1.29, 1.82) is 0 Å². The minimum absolute atomic E-state index is 0.174. The summed E-state index contributed by atoms with van der Waals surface area (Å²) in [7, 11) is 0. The number of benzene rings is 1. The van der Waals surface area contributed by atoms with E-state index in [1.54, 1.807) is 6.07 Å². The van der Waals surface area contributed by atoms with Crippen molar-refractivity contribution in [2.75, 3.05) is 0 Å². The first-order chi connectivity index (χ1) is 8.48. The molecule has 1 nitrogen and oxygen atoms in total. The lowest BCUT2D eigenvalue weighted by Crippen LogP contribution is -2.41. The Labute approximate surface area is 114 Å². The molecule has 2 atom stereocenters. The molecule has 1 fully saturated rings. The molecule has 0 bridgehead atoms. The third-order valence-electron chi connectivity index (χ3n) is 4.06. The van der Waals surface area contributed by atoms with E-state index in [9.17, 15) is 4.39 Å². The summed E-state index contributed by atoms with van der Waals surface area (Å²) in [4.78, 5) is 0. The Morgan fingerprint density at radius 3 is 2.89 bits per heavy atom. The second-order valence-electron chi connectivity index (χ2n) is 5.81. The van der Waals surface area contributed by atoms with Crippen LogP contribution < -0.4 is 5.73 Å². The zero-order valence-electron chi connectivity index (χ0n) is 10.9. The van der Waals surface area contributed by atoms with E-state index in [1.165, 1.54) is 31.4 Å². The fraction of sp³-hybridized carbons (Fsp3) is 0.600. The van der Waals surface area contributed by atoms with Gasteiger partial charge in [-0.2, -0.15) is 0 Å². The van der Waals surface area contributed by atoms with Gasteiger partial charge in [-0.3, -0.25) is 0 Å². The molecule has 0 spiro atoms. The zero-order chi connectivity index (χ0) is 13.2. The molecule has 100 valence electrons. The maximum Gasteiger partial charge on any atom is 0.124 e. The fourth-order valence-electron chi connectivity index (χ4n) is 2.83. The van der Waals surface area contributed by atoms with Gasteiger partial charge in [0.1, 0.15) is 5.82 Å². The largest absolute Gasteiger partial charge is 0.325 e. The quantitative estimate of drug-likeness (QED) is 0.795. The molecule has 1 aromatic carbocycles. The molecular formula is C15H21ClFN. The van der Waals surface area contributed by atoms with Crippen molar-refractivity contribution in [2.45, 2.75) is 51.0 Å². The van der Waals surface area contributed by atoms with Crippen LogP contribution in [0.25, 0.3) is 0 Å². The van der Waals surface area contributed by atoms with Crippen molar-refractivity contribution in [3.05, 3.63) is 34.6 Å². The Morgan fingerprint density at radius 2 is 2.17 bits per heavy atom. The molecule has 0 radical (unpaired) electrons. The predicted octanol–water partition coefficient (Wildman–Crippen LogP) is 4.32. The van der Waals surface area contributed by atoms with Crippen molar-refractivity contribution in [3.8, 4) is 0 Å². The van der Waals surface area contributed by atoms with Crippen molar-refractivity contribution < 1.29 is 4.39 Å². The van der Waals surface area contributed by atoms with Crippen LogP contribution in [0.5, 0.6) is 0 Å². The zero-order valence-corrected chi connectivity index (χ0v) is 11.6. The number of rotatable bonds is 2. The average molecular weight is 270 g/mol. The van der Waals surface area contributed by atoms with Gasteiger partial charge in [-0.15, -0.1) is 0 Å². The third-order valence-corrected chi connectivity index (χ3v) is 4.42. The minimum Gasteiger partial charge on any atom is -0.325 e. The van der Waals surface area contributed by atoms with Crippen LogP contribution in [0, 0.1) is 11.7 Å². The van der Waals surface area contributed by atoms with E-state index in [-0.39, 0.29) is 11.4 Å². The van der Waals surface area contributed by atoms with Crippen LogP contribution in [-0.2, 0) is 6.42 Å². The van der Waals surface area contributed by atoms with E-state index >= 15 is 0 Å². The first-order valence-corrected chi connectivity index (χ1v) is 7.09. The molecule has 0 heterocycles. The molecule has 0 saturated heterocycles. The third kappa shape index (κ3) is 3.46. The van der Waals surface area contributed by atoms with E-state index in [4.69, 9.17) is 17.3 Å². The second kappa shape index (κ2) is 5.58. The van der Waals surface area contributed by atoms with Gasteiger partial charge in [0, 0.05) is 10.6 Å². The molecule has 1 aromatic rings. The highest BCUT2D eigenvalue weighted by molar-refractivity contribution is 6.31. The lowest BCUT2D eigenvalue weighted by molar-refractivity contribution is 0.363. The molecule has 2 N–H and O–H groups in total. The van der Waals surface area contributed by atoms with Gasteiger partial charge in [0.15, 0.2) is 0 Å². The van der Waals surface area contributed by atoms with Gasteiger partial charge in [-0.05, 0) is 49.3 Å². The molecule has 3 heteroatoms. The lowest BCUT2D eigenvalue weighted by Gasteiger charge is -2.28. The second-order valence-corrected chi connectivity index (χ2v) is 6.22. The van der Waals surface area contributed by atoms with Crippen LogP contribution >= 0.6 is 11.6 Å². The first kappa shape index (κ1) is 13.8. The van der Waals surface area contributed by atoms with Crippen LogP contribution in [0.15, 0.2) is 18.2 Å². The Morgan fingerprint density at radius 1 is 1.39 bits per heavy atom. The Hall–Kier alpha value is -0.600. The van der Waals surface area contributed by atoms with Gasteiger partial charge in [0.25, 0.3) is 0 Å². The highest BCUT2D eigenvalue weighted by Gasteiger charge is 2.29. The number of halogens is 2. The molecular weight excluding hydrogens is 249 g/mol. The lowest BCUT2D eigenvalue weighted by atomic mass is 9.84. The number of hydrogen-bond donors (Lipinski definition) is 1. The maximum absolute atomic E-state index is 13.0. The van der Waals surface area contributed by atoms with Gasteiger partial charge in [0.05, 0.1) is 0 Å². The van der Waals surface area contributed by atoms with E-state index in [0.29, 0.717) is 5.02 Å². The van der Waals surface area contributed by atoms with Gasteiger partial charge in [-0.1, -0.05) is 37.4 Å². The summed E-state index contributed by atoms with van der Waals surface area (Å²) in [6, 6.07) is 4.60. The molecule has 1 saturated carbocycles. The summed E-state index contributed by atoms with van der Waals surface area (Å²) in [5.41, 5.74) is 7.30. The van der Waals surface area contributed by atoms with Crippen molar-refractivity contribution >= 4 is 11.6 Å². The molecule has 1 aliphatic rings. The standard InChI is InChI=1S/C15H21ClFN/c1-11-3-2-7-15(18,8-6-11)10-12-4-5-13(17)9-14(12)16/h4-5,9,11H,2-3,6-8,10,18H2,1H3. The van der Waals surface area contributed by atoms with Crippen LogP contribution in [-0.4, -0.2) is 5.54 Å². The molecule has 1 aliphatic carbocycles. The van der Waals surface area contributed by atoms with Crippen LogP contribution in [0.1, 0.15) is 44.6 Å². The van der Waals surface area contributed by atoms with Crippen LogP contribution in [0.3, 0.4) is 0 Å². The van der Waals surface area contributed by atoms with Gasteiger partial charge < -0.3 is 5.73 Å². The van der Waals surface area contributed by atoms with Gasteiger partial charge >= 0.3 is 0 Å². The van der Waals surface area contributed by atoms with E-state index in [1.807, 2.05) is 0 Å². The summed E-state index contributed by atoms with van der Waals surface area (Å²) < 4.78 is 13.0. The SMILES string of the molecule is CC1CCCC(N)(Cc2ccc(F)cc2Cl)CC1. The molecule has 0 amide bonds. The Kier molecular flexibility index (Phi) is 4.29. The predicted molar refractivity (Wildman–Crippen MR) is 74.3 cm³/mol. The van der Waals surface area contributed by atoms with Crippen molar-refractivity contribution in [3.63, 3.8) is 0 Å². The Balaban J connectivity index is 2.11. The molecule has 2 rings (SSSR count). The van der Waals surface area contributed by atoms with E-state index < -0.39 is 0 Å². The van der Waals surface area contributed by atoms with Gasteiger partial charge in [0.2, 0.25) is 0 Å². The topological polar surface area (TPSA) is 26.0 Å². The smallest absolute Gasteiger partial charge is 0.124 e. The van der Waals surface area contributed by atoms with E-state index in [2.05, 4.69) is 6.92 Å². The summed E-state index contributed by atoms with van der Waals surface area (Å²) >= 11 is 6.08. The van der Waals surface area contributed by atoms with Crippen LogP contribution in [0.2, 0.25) is 5.02 Å². The van der Waals surface area contributed by atoms with E-state index in [0.717, 1.165) is 30.7 Å². The van der Waals surface area contributed by atoms with Gasteiger partial charge in [-0.25, -0.2) is 4.39 Å². The van der Waals surface area contributed by atoms with Crippen molar-refractivity contribution in [2.24, 2.45) is 11.7 Å².